The van der Waals surface area contributed by atoms with Gasteiger partial charge in [-0.3, -0.25) is 10.1 Å². The van der Waals surface area contributed by atoms with Crippen LogP contribution in [0.15, 0.2) is 58.2 Å². The lowest BCUT2D eigenvalue weighted by Crippen LogP contribution is -2.24. The summed E-state index contributed by atoms with van der Waals surface area (Å²) >= 11 is 1.16. The Morgan fingerprint density at radius 3 is 2.43 bits per heavy atom. The Morgan fingerprint density at radius 1 is 1.03 bits per heavy atom. The van der Waals surface area contributed by atoms with Crippen molar-refractivity contribution in [2.75, 3.05) is 25.3 Å². The number of ether oxygens (including phenoxy) is 2. The third-order valence-electron chi connectivity index (χ3n) is 3.95. The van der Waals surface area contributed by atoms with Crippen LogP contribution in [0.1, 0.15) is 5.56 Å². The van der Waals surface area contributed by atoms with Crippen LogP contribution in [0, 0.1) is 0 Å². The third kappa shape index (κ3) is 5.98. The van der Waals surface area contributed by atoms with E-state index >= 15 is 0 Å². The van der Waals surface area contributed by atoms with Gasteiger partial charge in [0.15, 0.2) is 0 Å². The lowest BCUT2D eigenvalue weighted by atomic mass is 10.2. The fraction of sp³-hybridized carbons (Fsp3) is 0.200. The highest BCUT2D eigenvalue weighted by atomic mass is 32.2. The van der Waals surface area contributed by atoms with Gasteiger partial charge in [0.2, 0.25) is 11.8 Å². The fourth-order valence-corrected chi connectivity index (χ4v) is 2.97. The van der Waals surface area contributed by atoms with Gasteiger partial charge in [-0.25, -0.2) is 4.79 Å². The molecule has 0 saturated carbocycles. The molecular weight excluding hydrogens is 408 g/mol. The van der Waals surface area contributed by atoms with E-state index in [1.807, 2.05) is 12.1 Å². The molecule has 0 atom stereocenters. The molecule has 0 saturated heterocycles. The molecule has 2 amide bonds. The molecule has 2 N–H and O–H groups in total. The summed E-state index contributed by atoms with van der Waals surface area (Å²) in [6.45, 7) is 0.360. The summed E-state index contributed by atoms with van der Waals surface area (Å²) in [6, 6.07) is 14.3. The van der Waals surface area contributed by atoms with Crippen LogP contribution in [0.2, 0.25) is 0 Å². The topological polar surface area (TPSA) is 116 Å². The van der Waals surface area contributed by atoms with Gasteiger partial charge in [0.05, 0.1) is 20.0 Å². The first-order valence-electron chi connectivity index (χ1n) is 8.88. The first-order valence-corrected chi connectivity index (χ1v) is 9.87. The maximum Gasteiger partial charge on any atom is 0.411 e. The van der Waals surface area contributed by atoms with Gasteiger partial charge in [0, 0.05) is 17.8 Å². The number of hydrogen-bond donors (Lipinski definition) is 2. The average molecular weight is 428 g/mol. The number of aromatic nitrogens is 2. The molecule has 0 bridgehead atoms. The number of methoxy groups -OCH3 is 2. The molecule has 2 aromatic carbocycles. The van der Waals surface area contributed by atoms with Gasteiger partial charge < -0.3 is 19.2 Å². The first-order chi connectivity index (χ1) is 14.6. The molecule has 1 heterocycles. The van der Waals surface area contributed by atoms with Crippen molar-refractivity contribution in [1.82, 2.24) is 15.5 Å². The van der Waals surface area contributed by atoms with Crippen LogP contribution < -0.4 is 15.4 Å². The van der Waals surface area contributed by atoms with Gasteiger partial charge in [-0.1, -0.05) is 23.9 Å². The Balaban J connectivity index is 1.44. The molecular formula is C20H20N4O5S. The summed E-state index contributed by atoms with van der Waals surface area (Å²) in [4.78, 5) is 23.2. The summed E-state index contributed by atoms with van der Waals surface area (Å²) in [5.41, 5.74) is 2.27. The number of amides is 2. The molecule has 0 radical (unpaired) electrons. The van der Waals surface area contributed by atoms with Crippen molar-refractivity contribution in [2.45, 2.75) is 11.8 Å². The monoisotopic (exact) mass is 428 g/mol. The number of nitrogens with one attached hydrogen (secondary N) is 2. The number of hydrogen-bond acceptors (Lipinski definition) is 8. The minimum Gasteiger partial charge on any atom is -0.497 e. The van der Waals surface area contributed by atoms with Crippen LogP contribution >= 0.6 is 11.8 Å². The van der Waals surface area contributed by atoms with Gasteiger partial charge in [-0.2, -0.15) is 0 Å². The molecule has 0 unspecified atom stereocenters. The lowest BCUT2D eigenvalue weighted by Gasteiger charge is -2.06. The molecule has 0 aliphatic carbocycles. The number of benzene rings is 2. The van der Waals surface area contributed by atoms with E-state index in [4.69, 9.17) is 9.15 Å². The van der Waals surface area contributed by atoms with Gasteiger partial charge in [-0.05, 0) is 42.0 Å². The highest BCUT2D eigenvalue weighted by Gasteiger charge is 2.11. The zero-order valence-corrected chi connectivity index (χ0v) is 17.2. The molecule has 0 aliphatic rings. The Hall–Kier alpha value is -3.53. The molecule has 0 aliphatic heterocycles. The minimum absolute atomic E-state index is 0.145. The molecule has 3 rings (SSSR count). The van der Waals surface area contributed by atoms with E-state index in [1.165, 1.54) is 7.11 Å². The maximum absolute atomic E-state index is 12.1. The maximum atomic E-state index is 12.1. The zero-order valence-electron chi connectivity index (χ0n) is 16.4. The van der Waals surface area contributed by atoms with E-state index in [0.29, 0.717) is 23.3 Å². The molecule has 9 nitrogen and oxygen atoms in total. The van der Waals surface area contributed by atoms with Crippen LogP contribution in [0.4, 0.5) is 10.5 Å². The summed E-state index contributed by atoms with van der Waals surface area (Å²) in [5, 5.41) is 13.6. The Bertz CT molecular complexity index is 989. The molecule has 1 aromatic heterocycles. The van der Waals surface area contributed by atoms with Crippen molar-refractivity contribution in [3.63, 3.8) is 0 Å². The molecule has 3 aromatic rings. The first kappa shape index (κ1) is 21.2. The Kier molecular flexibility index (Phi) is 7.28. The van der Waals surface area contributed by atoms with E-state index in [9.17, 15) is 9.59 Å². The molecule has 10 heteroatoms. The normalized spacial score (nSPS) is 10.3. The van der Waals surface area contributed by atoms with Crippen LogP contribution in [-0.2, 0) is 16.1 Å². The van der Waals surface area contributed by atoms with E-state index in [-0.39, 0.29) is 11.7 Å². The summed E-state index contributed by atoms with van der Waals surface area (Å²) < 4.78 is 15.2. The second-order valence-corrected chi connectivity index (χ2v) is 6.91. The third-order valence-corrected chi connectivity index (χ3v) is 4.76. The molecule has 30 heavy (non-hydrogen) atoms. The molecule has 156 valence electrons. The fourth-order valence-electron chi connectivity index (χ4n) is 2.37. The molecule has 0 fully saturated rings. The van der Waals surface area contributed by atoms with Gasteiger partial charge in [0.1, 0.15) is 5.75 Å². The SMILES string of the molecule is COC(=O)Nc1ccc(CNC(=O)CSc2nnc(-c3ccc(OC)cc3)o2)cc1. The number of nitrogens with zero attached hydrogens (tertiary/aromatic N) is 2. The van der Waals surface area contributed by atoms with Crippen LogP contribution in [0.5, 0.6) is 5.75 Å². The summed E-state index contributed by atoms with van der Waals surface area (Å²) in [6.07, 6.45) is -0.538. The number of carbonyl (C=O) groups is 2. The Morgan fingerprint density at radius 2 is 1.77 bits per heavy atom. The van der Waals surface area contributed by atoms with E-state index in [0.717, 1.165) is 28.6 Å². The highest BCUT2D eigenvalue weighted by Crippen LogP contribution is 2.24. The van der Waals surface area contributed by atoms with E-state index < -0.39 is 6.09 Å². The number of anilines is 1. The second kappa shape index (κ2) is 10.3. The summed E-state index contributed by atoms with van der Waals surface area (Å²) in [5.74, 6) is 1.09. The number of rotatable bonds is 8. The average Bonchev–Trinajstić information content (AvgIpc) is 3.26. The van der Waals surface area contributed by atoms with Crippen molar-refractivity contribution >= 4 is 29.4 Å². The second-order valence-electron chi connectivity index (χ2n) is 5.98. The van der Waals surface area contributed by atoms with Crippen molar-refractivity contribution in [2.24, 2.45) is 0 Å². The quantitative estimate of drug-likeness (QED) is 0.525. The van der Waals surface area contributed by atoms with Crippen molar-refractivity contribution in [3.05, 3.63) is 54.1 Å². The van der Waals surface area contributed by atoms with Crippen LogP contribution in [-0.4, -0.2) is 42.2 Å². The van der Waals surface area contributed by atoms with Gasteiger partial charge in [0.25, 0.3) is 5.22 Å². The lowest BCUT2D eigenvalue weighted by molar-refractivity contribution is -0.118. The van der Waals surface area contributed by atoms with Crippen molar-refractivity contribution in [3.8, 4) is 17.2 Å². The Labute approximate surface area is 177 Å². The largest absolute Gasteiger partial charge is 0.497 e. The smallest absolute Gasteiger partial charge is 0.411 e. The number of thioether (sulfide) groups is 1. The molecule has 0 spiro atoms. The van der Waals surface area contributed by atoms with E-state index in [1.54, 1.807) is 43.5 Å². The summed E-state index contributed by atoms with van der Waals surface area (Å²) in [7, 11) is 2.89. The van der Waals surface area contributed by atoms with Crippen LogP contribution in [0.25, 0.3) is 11.5 Å². The van der Waals surface area contributed by atoms with Crippen molar-refractivity contribution < 1.29 is 23.5 Å². The standard InChI is InChI=1S/C20H20N4O5S/c1-27-16-9-5-14(6-10-16)18-23-24-20(29-18)30-12-17(25)21-11-13-3-7-15(8-4-13)22-19(26)28-2/h3-10H,11-12H2,1-2H3,(H,21,25)(H,22,26). The van der Waals surface area contributed by atoms with E-state index in [2.05, 4.69) is 25.6 Å². The highest BCUT2D eigenvalue weighted by molar-refractivity contribution is 7.99. The predicted octanol–water partition coefficient (Wildman–Crippen LogP) is 3.33. The van der Waals surface area contributed by atoms with Gasteiger partial charge in [-0.15, -0.1) is 10.2 Å². The minimum atomic E-state index is -0.538. The number of carbonyl (C=O) groups excluding carboxylic acids is 2. The van der Waals surface area contributed by atoms with Gasteiger partial charge >= 0.3 is 6.09 Å². The zero-order chi connectivity index (χ0) is 21.3. The van der Waals surface area contributed by atoms with Crippen molar-refractivity contribution in [1.29, 1.82) is 0 Å². The predicted molar refractivity (Wildman–Crippen MR) is 111 cm³/mol. The van der Waals surface area contributed by atoms with Crippen LogP contribution in [0.3, 0.4) is 0 Å².